The van der Waals surface area contributed by atoms with Crippen LogP contribution in [0.5, 0.6) is 0 Å². The summed E-state index contributed by atoms with van der Waals surface area (Å²) >= 11 is 1.38. The van der Waals surface area contributed by atoms with Gasteiger partial charge >= 0.3 is 0 Å². The minimum absolute atomic E-state index is 0.500. The molecule has 1 aromatic heterocycles. The lowest BCUT2D eigenvalue weighted by molar-refractivity contribution is 0.130. The van der Waals surface area contributed by atoms with Gasteiger partial charge in [0.05, 0.1) is 16.3 Å². The fourth-order valence-corrected chi connectivity index (χ4v) is 2.81. The minimum Gasteiger partial charge on any atom is -0.390 e. The second-order valence-electron chi connectivity index (χ2n) is 4.36. The van der Waals surface area contributed by atoms with Crippen molar-refractivity contribution in [3.63, 3.8) is 0 Å². The Morgan fingerprint density at radius 3 is 3.19 bits per heavy atom. The molecule has 0 aromatic carbocycles. The average Bonchev–Trinajstić information content (AvgIpc) is 2.96. The molecule has 0 aliphatic carbocycles. The third-order valence-corrected chi connectivity index (χ3v) is 4.05. The largest absolute Gasteiger partial charge is 0.390 e. The van der Waals surface area contributed by atoms with E-state index >= 15 is 0 Å². The fraction of sp³-hybridized carbons (Fsp3) is 0.700. The molecule has 3 heterocycles. The Bertz CT molecular complexity index is 417. The maximum absolute atomic E-state index is 5.39. The zero-order valence-electron chi connectivity index (χ0n) is 9.22. The molecule has 0 radical (unpaired) electrons. The third kappa shape index (κ3) is 1.82. The van der Waals surface area contributed by atoms with Crippen LogP contribution in [-0.2, 0) is 11.4 Å². The number of piperidine rings is 1. The highest BCUT2D eigenvalue weighted by Gasteiger charge is 2.35. The van der Waals surface area contributed by atoms with Gasteiger partial charge in [-0.1, -0.05) is 9.64 Å². The third-order valence-electron chi connectivity index (χ3n) is 3.25. The van der Waals surface area contributed by atoms with Gasteiger partial charge in [-0.3, -0.25) is 4.90 Å². The number of hydrogen-bond donors (Lipinski definition) is 0. The van der Waals surface area contributed by atoms with Gasteiger partial charge in [0.1, 0.15) is 0 Å². The molecule has 2 atom stereocenters. The molecule has 0 N–H and O–H groups in total. The molecule has 0 amide bonds. The number of oxime groups is 1. The summed E-state index contributed by atoms with van der Waals surface area (Å²) in [5, 5.41) is 8.19. The Balaban J connectivity index is 1.57. The molecule has 0 spiro atoms. The summed E-state index contributed by atoms with van der Waals surface area (Å²) in [5.41, 5.74) is 2.16. The smallest absolute Gasteiger partial charge is 0.154 e. The van der Waals surface area contributed by atoms with Gasteiger partial charge in [-0.25, -0.2) is 0 Å². The zero-order chi connectivity index (χ0) is 11.0. The Labute approximate surface area is 98.3 Å². The predicted molar refractivity (Wildman–Crippen MR) is 61.4 cm³/mol. The van der Waals surface area contributed by atoms with Crippen molar-refractivity contribution >= 4 is 17.2 Å². The minimum atomic E-state index is 0.500. The zero-order valence-corrected chi connectivity index (χ0v) is 10.0. The monoisotopic (exact) mass is 238 g/mol. The van der Waals surface area contributed by atoms with E-state index in [1.165, 1.54) is 36.8 Å². The van der Waals surface area contributed by atoms with Crippen molar-refractivity contribution in [1.29, 1.82) is 0 Å². The van der Waals surface area contributed by atoms with Crippen molar-refractivity contribution in [2.45, 2.75) is 20.0 Å². The summed E-state index contributed by atoms with van der Waals surface area (Å²) in [5.74, 6) is 0.640. The van der Waals surface area contributed by atoms with E-state index in [1.807, 2.05) is 6.92 Å². The van der Waals surface area contributed by atoms with E-state index in [4.69, 9.17) is 4.84 Å². The summed E-state index contributed by atoms with van der Waals surface area (Å²) < 4.78 is 3.87. The van der Waals surface area contributed by atoms with Gasteiger partial charge in [-0.2, -0.15) is 0 Å². The maximum atomic E-state index is 5.39. The first kappa shape index (κ1) is 10.2. The lowest BCUT2D eigenvalue weighted by atomic mass is 10.0. The van der Waals surface area contributed by atoms with Gasteiger partial charge < -0.3 is 4.84 Å². The average molecular weight is 238 g/mol. The van der Waals surface area contributed by atoms with E-state index in [-0.39, 0.29) is 0 Å². The van der Waals surface area contributed by atoms with Crippen LogP contribution in [0, 0.1) is 12.8 Å². The van der Waals surface area contributed by atoms with Crippen LogP contribution in [0.2, 0.25) is 0 Å². The van der Waals surface area contributed by atoms with Crippen LogP contribution in [0.4, 0.5) is 0 Å². The van der Waals surface area contributed by atoms with Crippen molar-refractivity contribution in [3.05, 3.63) is 10.6 Å². The molecule has 2 bridgehead atoms. The number of aromatic nitrogens is 2. The summed E-state index contributed by atoms with van der Waals surface area (Å²) in [6.45, 7) is 5.83. The lowest BCUT2D eigenvalue weighted by Gasteiger charge is -2.12. The van der Waals surface area contributed by atoms with Gasteiger partial charge in [-0.15, -0.1) is 5.10 Å². The predicted octanol–water partition coefficient (Wildman–Crippen LogP) is 1.05. The van der Waals surface area contributed by atoms with Crippen LogP contribution >= 0.6 is 11.5 Å². The molecule has 3 rings (SSSR count). The fourth-order valence-electron chi connectivity index (χ4n) is 2.27. The maximum Gasteiger partial charge on any atom is 0.154 e. The van der Waals surface area contributed by atoms with Crippen LogP contribution in [0.25, 0.3) is 0 Å². The SMILES string of the molecule is Cc1nnsc1CO/N=C1\CN2CCC1C2. The first-order valence-corrected chi connectivity index (χ1v) is 6.29. The summed E-state index contributed by atoms with van der Waals surface area (Å²) in [6.07, 6.45) is 1.24. The van der Waals surface area contributed by atoms with Crippen molar-refractivity contribution < 1.29 is 4.84 Å². The normalized spacial score (nSPS) is 30.2. The lowest BCUT2D eigenvalue weighted by Crippen LogP contribution is -2.23. The molecular weight excluding hydrogens is 224 g/mol. The molecule has 6 heteroatoms. The first-order valence-electron chi connectivity index (χ1n) is 5.52. The number of hydrogen-bond acceptors (Lipinski definition) is 6. The summed E-state index contributed by atoms with van der Waals surface area (Å²) in [4.78, 5) is 8.87. The van der Waals surface area contributed by atoms with Crippen LogP contribution in [0.1, 0.15) is 17.0 Å². The Kier molecular flexibility index (Phi) is 2.61. The molecular formula is C10H14N4OS. The summed E-state index contributed by atoms with van der Waals surface area (Å²) in [6, 6.07) is 0. The molecule has 2 aliphatic heterocycles. The number of rotatable bonds is 3. The van der Waals surface area contributed by atoms with Crippen molar-refractivity contribution in [2.24, 2.45) is 11.1 Å². The van der Waals surface area contributed by atoms with E-state index in [9.17, 15) is 0 Å². The Morgan fingerprint density at radius 1 is 1.62 bits per heavy atom. The van der Waals surface area contributed by atoms with Crippen LogP contribution in [-0.4, -0.2) is 39.8 Å². The van der Waals surface area contributed by atoms with Gasteiger partial charge in [0.2, 0.25) is 0 Å². The quantitative estimate of drug-likeness (QED) is 0.739. The molecule has 2 unspecified atom stereocenters. The van der Waals surface area contributed by atoms with E-state index in [0.717, 1.165) is 17.1 Å². The highest BCUT2D eigenvalue weighted by Crippen LogP contribution is 2.25. The summed E-state index contributed by atoms with van der Waals surface area (Å²) in [7, 11) is 0. The molecule has 5 nitrogen and oxygen atoms in total. The van der Waals surface area contributed by atoms with Crippen LogP contribution in [0.15, 0.2) is 5.16 Å². The van der Waals surface area contributed by atoms with Crippen LogP contribution in [0.3, 0.4) is 0 Å². The number of nitrogens with zero attached hydrogens (tertiary/aromatic N) is 4. The molecule has 1 aromatic rings. The molecule has 16 heavy (non-hydrogen) atoms. The second-order valence-corrected chi connectivity index (χ2v) is 5.20. The van der Waals surface area contributed by atoms with Crippen molar-refractivity contribution in [3.8, 4) is 0 Å². The molecule has 2 aliphatic rings. The van der Waals surface area contributed by atoms with Crippen LogP contribution < -0.4 is 0 Å². The highest BCUT2D eigenvalue weighted by atomic mass is 32.1. The molecule has 2 saturated heterocycles. The highest BCUT2D eigenvalue weighted by molar-refractivity contribution is 7.05. The van der Waals surface area contributed by atoms with Gasteiger partial charge in [-0.05, 0) is 31.4 Å². The Hall–Kier alpha value is -1.01. The van der Waals surface area contributed by atoms with E-state index in [2.05, 4.69) is 19.6 Å². The molecule has 2 fully saturated rings. The van der Waals surface area contributed by atoms with Crippen molar-refractivity contribution in [1.82, 2.24) is 14.5 Å². The van der Waals surface area contributed by atoms with E-state index < -0.39 is 0 Å². The number of aryl methyl sites for hydroxylation is 1. The van der Waals surface area contributed by atoms with Gasteiger partial charge in [0.25, 0.3) is 0 Å². The van der Waals surface area contributed by atoms with Crippen molar-refractivity contribution in [2.75, 3.05) is 19.6 Å². The number of fused-ring (bicyclic) bond motifs is 2. The van der Waals surface area contributed by atoms with Gasteiger partial charge in [0, 0.05) is 19.0 Å². The van der Waals surface area contributed by atoms with E-state index in [1.54, 1.807) is 0 Å². The molecule has 86 valence electrons. The topological polar surface area (TPSA) is 50.6 Å². The van der Waals surface area contributed by atoms with Gasteiger partial charge in [0.15, 0.2) is 6.61 Å². The second kappa shape index (κ2) is 4.10. The first-order chi connectivity index (χ1) is 7.83. The standard InChI is InChI=1S/C10H14N4OS/c1-7-10(16-13-11-7)6-15-12-9-5-14-3-2-8(9)4-14/h8H,2-6H2,1H3/b12-9+. The van der Waals surface area contributed by atoms with E-state index in [0.29, 0.717) is 12.5 Å². The molecule has 0 saturated carbocycles. The Morgan fingerprint density at radius 2 is 2.56 bits per heavy atom.